The molecule has 0 radical (unpaired) electrons. The standard InChI is InChI=1S/C9H7ClN4OS/c10-8-7(5-12-14-9(8)15)13-11-4-6-2-1-3-16-6/h1-5,8H,(H,14,15)/b11-4-,13-7+. The molecule has 82 valence electrons. The molecule has 5 nitrogen and oxygen atoms in total. The second-order valence-corrected chi connectivity index (χ2v) is 4.30. The molecule has 0 spiro atoms. The largest absolute Gasteiger partial charge is 0.271 e. The first-order valence-corrected chi connectivity index (χ1v) is 5.70. The van der Waals surface area contributed by atoms with Crippen molar-refractivity contribution in [2.45, 2.75) is 5.38 Å². The summed E-state index contributed by atoms with van der Waals surface area (Å²) < 4.78 is 0. The van der Waals surface area contributed by atoms with Crippen LogP contribution in [0.4, 0.5) is 0 Å². The maximum atomic E-state index is 11.1. The molecule has 1 unspecified atom stereocenters. The number of hydrogen-bond acceptors (Lipinski definition) is 5. The van der Waals surface area contributed by atoms with Crippen molar-refractivity contribution < 1.29 is 4.79 Å². The Morgan fingerprint density at radius 2 is 2.50 bits per heavy atom. The van der Waals surface area contributed by atoms with Crippen LogP contribution in [0.25, 0.3) is 0 Å². The predicted molar refractivity (Wildman–Crippen MR) is 65.6 cm³/mol. The fraction of sp³-hybridized carbons (Fsp3) is 0.111. The van der Waals surface area contributed by atoms with Crippen LogP contribution < -0.4 is 5.43 Å². The van der Waals surface area contributed by atoms with Crippen molar-refractivity contribution in [2.75, 3.05) is 0 Å². The number of halogens is 1. The Balaban J connectivity index is 2.10. The molecule has 16 heavy (non-hydrogen) atoms. The quantitative estimate of drug-likeness (QED) is 0.482. The molecule has 7 heteroatoms. The van der Waals surface area contributed by atoms with Crippen LogP contribution in [0.2, 0.25) is 0 Å². The van der Waals surface area contributed by atoms with Gasteiger partial charge in [-0.1, -0.05) is 6.07 Å². The Kier molecular flexibility index (Phi) is 3.43. The maximum absolute atomic E-state index is 11.1. The Morgan fingerprint density at radius 3 is 3.25 bits per heavy atom. The zero-order chi connectivity index (χ0) is 11.4. The van der Waals surface area contributed by atoms with Crippen LogP contribution in [0.15, 0.2) is 32.8 Å². The third kappa shape index (κ3) is 2.53. The molecule has 0 aromatic carbocycles. The highest BCUT2D eigenvalue weighted by Crippen LogP contribution is 2.06. The Morgan fingerprint density at radius 1 is 1.62 bits per heavy atom. The highest BCUT2D eigenvalue weighted by Gasteiger charge is 2.23. The summed E-state index contributed by atoms with van der Waals surface area (Å²) in [6.07, 6.45) is 2.98. The molecule has 1 amide bonds. The zero-order valence-corrected chi connectivity index (χ0v) is 9.57. The molecule has 1 aromatic heterocycles. The van der Waals surface area contributed by atoms with Gasteiger partial charge < -0.3 is 0 Å². The topological polar surface area (TPSA) is 66.2 Å². The summed E-state index contributed by atoms with van der Waals surface area (Å²) in [5.74, 6) is -0.394. The molecule has 0 saturated heterocycles. The summed E-state index contributed by atoms with van der Waals surface area (Å²) in [5.41, 5.74) is 2.57. The van der Waals surface area contributed by atoms with Crippen LogP contribution in [-0.4, -0.2) is 29.4 Å². The summed E-state index contributed by atoms with van der Waals surface area (Å²) in [5, 5.41) is 12.4. The number of alkyl halides is 1. The van der Waals surface area contributed by atoms with Crippen molar-refractivity contribution in [3.63, 3.8) is 0 Å². The number of hydrazone groups is 1. The lowest BCUT2D eigenvalue weighted by atomic mass is 10.2. The van der Waals surface area contributed by atoms with Gasteiger partial charge in [-0.15, -0.1) is 22.9 Å². The van der Waals surface area contributed by atoms with E-state index >= 15 is 0 Å². The summed E-state index contributed by atoms with van der Waals surface area (Å²) in [4.78, 5) is 12.1. The van der Waals surface area contributed by atoms with E-state index in [4.69, 9.17) is 11.6 Å². The van der Waals surface area contributed by atoms with Crippen LogP contribution in [0, 0.1) is 0 Å². The molecule has 0 fully saturated rings. The van der Waals surface area contributed by atoms with Crippen LogP contribution >= 0.6 is 22.9 Å². The number of rotatable bonds is 2. The number of hydrogen-bond donors (Lipinski definition) is 1. The van der Waals surface area contributed by atoms with Gasteiger partial charge in [-0.25, -0.2) is 5.43 Å². The van der Waals surface area contributed by atoms with E-state index in [9.17, 15) is 4.79 Å². The minimum atomic E-state index is -0.835. The lowest BCUT2D eigenvalue weighted by Crippen LogP contribution is -2.38. The van der Waals surface area contributed by atoms with E-state index < -0.39 is 11.3 Å². The molecule has 1 aliphatic rings. The monoisotopic (exact) mass is 254 g/mol. The number of thiophene rings is 1. The van der Waals surface area contributed by atoms with Gasteiger partial charge in [0.2, 0.25) is 0 Å². The molecule has 2 heterocycles. The lowest BCUT2D eigenvalue weighted by molar-refractivity contribution is -0.119. The zero-order valence-electron chi connectivity index (χ0n) is 8.00. The van der Waals surface area contributed by atoms with E-state index in [0.29, 0.717) is 5.71 Å². The van der Waals surface area contributed by atoms with Gasteiger partial charge in [0.05, 0.1) is 12.4 Å². The number of nitrogens with zero attached hydrogens (tertiary/aromatic N) is 3. The second kappa shape index (κ2) is 5.00. The summed E-state index contributed by atoms with van der Waals surface area (Å²) >= 11 is 7.33. The molecule has 1 aliphatic heterocycles. The predicted octanol–water partition coefficient (Wildman–Crippen LogP) is 1.25. The Bertz CT molecular complexity index is 466. The minimum absolute atomic E-state index is 0.332. The van der Waals surface area contributed by atoms with Crippen molar-refractivity contribution in [1.82, 2.24) is 5.43 Å². The van der Waals surface area contributed by atoms with Gasteiger partial charge in [0.1, 0.15) is 5.71 Å². The third-order valence-corrected chi connectivity index (χ3v) is 2.99. The van der Waals surface area contributed by atoms with Crippen LogP contribution in [0.5, 0.6) is 0 Å². The molecule has 0 aliphatic carbocycles. The molecule has 1 atom stereocenters. The first-order valence-electron chi connectivity index (χ1n) is 4.39. The van der Waals surface area contributed by atoms with Crippen molar-refractivity contribution >= 4 is 47.0 Å². The maximum Gasteiger partial charge on any atom is 0.264 e. The van der Waals surface area contributed by atoms with Crippen LogP contribution in [-0.2, 0) is 4.79 Å². The third-order valence-electron chi connectivity index (χ3n) is 1.76. The van der Waals surface area contributed by atoms with Gasteiger partial charge in [-0.3, -0.25) is 4.79 Å². The number of carbonyl (C=O) groups is 1. The van der Waals surface area contributed by atoms with Gasteiger partial charge in [0.15, 0.2) is 5.38 Å². The molecule has 1 N–H and O–H groups in total. The second-order valence-electron chi connectivity index (χ2n) is 2.88. The first kappa shape index (κ1) is 11.0. The SMILES string of the molecule is O=C1NN=C/C(=N\N=C/c2cccs2)C1Cl. The van der Waals surface area contributed by atoms with E-state index in [2.05, 4.69) is 20.7 Å². The van der Waals surface area contributed by atoms with Crippen molar-refractivity contribution in [3.8, 4) is 0 Å². The molecule has 0 saturated carbocycles. The van der Waals surface area contributed by atoms with Gasteiger partial charge in [-0.05, 0) is 11.4 Å². The minimum Gasteiger partial charge on any atom is -0.271 e. The van der Waals surface area contributed by atoms with Crippen LogP contribution in [0.1, 0.15) is 4.88 Å². The fourth-order valence-corrected chi connectivity index (χ4v) is 1.74. The van der Waals surface area contributed by atoms with Gasteiger partial charge in [0.25, 0.3) is 5.91 Å². The molecule has 1 aromatic rings. The average molecular weight is 255 g/mol. The Labute approximate surface area is 101 Å². The van der Waals surface area contributed by atoms with E-state index in [1.165, 1.54) is 6.21 Å². The van der Waals surface area contributed by atoms with E-state index in [0.717, 1.165) is 4.88 Å². The van der Waals surface area contributed by atoms with Gasteiger partial charge in [0, 0.05) is 4.88 Å². The van der Waals surface area contributed by atoms with E-state index in [-0.39, 0.29) is 0 Å². The molecular weight excluding hydrogens is 248 g/mol. The highest BCUT2D eigenvalue weighted by molar-refractivity contribution is 7.11. The summed E-state index contributed by atoms with van der Waals surface area (Å²) in [6.45, 7) is 0. The van der Waals surface area contributed by atoms with E-state index in [1.807, 2.05) is 17.5 Å². The lowest BCUT2D eigenvalue weighted by Gasteiger charge is -2.10. The number of nitrogens with one attached hydrogen (secondary N) is 1. The molecular formula is C9H7ClN4OS. The summed E-state index contributed by atoms with van der Waals surface area (Å²) in [7, 11) is 0. The number of carbonyl (C=O) groups excluding carboxylic acids is 1. The molecule has 2 rings (SSSR count). The fourth-order valence-electron chi connectivity index (χ4n) is 1.01. The Hall–Kier alpha value is -1.53. The normalized spacial score (nSPS) is 22.9. The average Bonchev–Trinajstić information content (AvgIpc) is 2.77. The van der Waals surface area contributed by atoms with Crippen molar-refractivity contribution in [2.24, 2.45) is 15.3 Å². The molecule has 0 bridgehead atoms. The van der Waals surface area contributed by atoms with Crippen molar-refractivity contribution in [1.29, 1.82) is 0 Å². The van der Waals surface area contributed by atoms with Gasteiger partial charge in [-0.2, -0.15) is 15.3 Å². The van der Waals surface area contributed by atoms with Crippen LogP contribution in [0.3, 0.4) is 0 Å². The van der Waals surface area contributed by atoms with Gasteiger partial charge >= 0.3 is 0 Å². The smallest absolute Gasteiger partial charge is 0.264 e. The highest BCUT2D eigenvalue weighted by atomic mass is 35.5. The number of amides is 1. The summed E-state index contributed by atoms with van der Waals surface area (Å²) in [6, 6.07) is 3.83. The van der Waals surface area contributed by atoms with E-state index in [1.54, 1.807) is 17.6 Å². The first-order chi connectivity index (χ1) is 7.77. The van der Waals surface area contributed by atoms with Crippen molar-refractivity contribution in [3.05, 3.63) is 22.4 Å².